The highest BCUT2D eigenvalue weighted by molar-refractivity contribution is 6.46. The van der Waals surface area contributed by atoms with E-state index in [0.29, 0.717) is 0 Å². The molecule has 0 unspecified atom stereocenters. The molecule has 0 aliphatic carbocycles. The quantitative estimate of drug-likeness (QED) is 0.728. The zero-order valence-electron chi connectivity index (χ0n) is 11.8. The number of benzene rings is 2. The summed E-state index contributed by atoms with van der Waals surface area (Å²) in [5.74, 6) is 0. The normalized spacial score (nSPS) is 10.0. The number of para-hydroxylation sites is 2. The van der Waals surface area contributed by atoms with Crippen molar-refractivity contribution in [1.29, 1.82) is 0 Å². The van der Waals surface area contributed by atoms with Gasteiger partial charge in [0.2, 0.25) is 0 Å². The lowest BCUT2D eigenvalue weighted by Gasteiger charge is -2.30. The van der Waals surface area contributed by atoms with Gasteiger partial charge in [-0.15, -0.1) is 0 Å². The van der Waals surface area contributed by atoms with Gasteiger partial charge in [0.1, 0.15) is 0 Å². The third-order valence-corrected chi connectivity index (χ3v) is 3.35. The van der Waals surface area contributed by atoms with Crippen molar-refractivity contribution >= 4 is 18.9 Å². The molecule has 0 aliphatic rings. The van der Waals surface area contributed by atoms with Gasteiger partial charge in [0, 0.05) is 24.5 Å². The monoisotopic (exact) mass is 252 g/mol. The molecule has 19 heavy (non-hydrogen) atoms. The topological polar surface area (TPSA) is 6.48 Å². The zero-order chi connectivity index (χ0) is 13.5. The predicted octanol–water partition coefficient (Wildman–Crippen LogP) is 3.31. The first kappa shape index (κ1) is 13.5. The Morgan fingerprint density at radius 1 is 0.684 bits per heavy atom. The van der Waals surface area contributed by atoms with E-state index in [9.17, 15) is 0 Å². The predicted molar refractivity (Wildman–Crippen MR) is 86.1 cm³/mol. The Labute approximate surface area is 117 Å². The Kier molecular flexibility index (Phi) is 4.90. The summed E-state index contributed by atoms with van der Waals surface area (Å²) in [7, 11) is 0.918. The molecule has 0 saturated heterocycles. The van der Waals surface area contributed by atoms with E-state index in [2.05, 4.69) is 84.1 Å². The van der Waals surface area contributed by atoms with E-state index in [0.717, 1.165) is 20.6 Å². The van der Waals surface area contributed by atoms with E-state index in [-0.39, 0.29) is 0 Å². The number of hydrogen-bond acceptors (Lipinski definition) is 2. The molecular weight excluding hydrogens is 231 g/mol. The largest absolute Gasteiger partial charge is 0.399 e. The van der Waals surface area contributed by atoms with E-state index in [1.54, 1.807) is 0 Å². The van der Waals surface area contributed by atoms with Crippen molar-refractivity contribution in [2.75, 3.05) is 22.7 Å². The van der Waals surface area contributed by atoms with Gasteiger partial charge in [-0.25, -0.2) is 0 Å². The highest BCUT2D eigenvalue weighted by Gasteiger charge is 2.12. The molecule has 0 heterocycles. The van der Waals surface area contributed by atoms with E-state index < -0.39 is 0 Å². The van der Waals surface area contributed by atoms with Crippen LogP contribution in [0, 0.1) is 0 Å². The van der Waals surface area contributed by atoms with Gasteiger partial charge < -0.3 is 9.62 Å². The lowest BCUT2D eigenvalue weighted by molar-refractivity contribution is 1.02. The summed E-state index contributed by atoms with van der Waals surface area (Å²) >= 11 is 0. The summed E-state index contributed by atoms with van der Waals surface area (Å²) in [6, 6.07) is 21.2. The van der Waals surface area contributed by atoms with Crippen molar-refractivity contribution in [3.05, 3.63) is 60.7 Å². The molecule has 3 heteroatoms. The minimum absolute atomic E-state index is 0.918. The van der Waals surface area contributed by atoms with Crippen LogP contribution >= 0.6 is 0 Å². The second-order valence-electron chi connectivity index (χ2n) is 4.52. The molecule has 0 aliphatic heterocycles. The smallest absolute Gasteiger partial charge is 0.356 e. The van der Waals surface area contributed by atoms with Crippen molar-refractivity contribution in [2.24, 2.45) is 0 Å². The van der Waals surface area contributed by atoms with Crippen molar-refractivity contribution < 1.29 is 0 Å². The number of hydrogen-bond donors (Lipinski definition) is 0. The van der Waals surface area contributed by atoms with E-state index in [1.807, 2.05) is 0 Å². The van der Waals surface area contributed by atoms with Gasteiger partial charge in [-0.3, -0.25) is 0 Å². The summed E-state index contributed by atoms with van der Waals surface area (Å²) in [5.41, 5.74) is 2.55. The van der Waals surface area contributed by atoms with Crippen molar-refractivity contribution in [2.45, 2.75) is 13.8 Å². The molecule has 0 saturated carbocycles. The maximum absolute atomic E-state index is 2.39. The van der Waals surface area contributed by atoms with Crippen LogP contribution in [0.4, 0.5) is 11.4 Å². The Balaban J connectivity index is 2.13. The molecule has 0 N–H and O–H groups in total. The first-order valence-electron chi connectivity index (χ1n) is 6.95. The Morgan fingerprint density at radius 3 is 1.37 bits per heavy atom. The number of nitrogens with zero attached hydrogens (tertiary/aromatic N) is 2. The second kappa shape index (κ2) is 6.88. The Morgan fingerprint density at radius 2 is 1.05 bits per heavy atom. The van der Waals surface area contributed by atoms with Crippen molar-refractivity contribution in [3.63, 3.8) is 0 Å². The van der Waals surface area contributed by atoms with Crippen molar-refractivity contribution in [1.82, 2.24) is 0 Å². The average molecular weight is 252 g/mol. The van der Waals surface area contributed by atoms with Gasteiger partial charge in [0.25, 0.3) is 0 Å². The zero-order valence-corrected chi connectivity index (χ0v) is 11.8. The summed E-state index contributed by atoms with van der Waals surface area (Å²) in [6.45, 7) is 6.42. The standard InChI is InChI=1S/C16H21BN2/c1-3-18(15-11-7-5-8-12-15)17-19(4-2)16-13-9-6-10-14-16/h5-14,17H,3-4H2,1-2H3. The number of anilines is 2. The van der Waals surface area contributed by atoms with Gasteiger partial charge in [-0.1, -0.05) is 36.4 Å². The first-order valence-corrected chi connectivity index (χ1v) is 6.95. The van der Waals surface area contributed by atoms with Crippen LogP contribution in [0.15, 0.2) is 60.7 Å². The minimum Gasteiger partial charge on any atom is -0.399 e. The molecule has 0 radical (unpaired) electrons. The lowest BCUT2D eigenvalue weighted by atomic mass is 10.0. The van der Waals surface area contributed by atoms with Gasteiger partial charge in [-0.05, 0) is 38.1 Å². The summed E-state index contributed by atoms with van der Waals surface area (Å²) in [6.07, 6.45) is 0. The summed E-state index contributed by atoms with van der Waals surface area (Å²) < 4.78 is 0. The average Bonchev–Trinajstić information content (AvgIpc) is 2.50. The molecule has 0 bridgehead atoms. The van der Waals surface area contributed by atoms with Crippen LogP contribution in [0.3, 0.4) is 0 Å². The second-order valence-corrected chi connectivity index (χ2v) is 4.52. The Bertz CT molecular complexity index is 427. The minimum atomic E-state index is 0.918. The third kappa shape index (κ3) is 3.54. The van der Waals surface area contributed by atoms with Crippen molar-refractivity contribution in [3.8, 4) is 0 Å². The molecule has 2 nitrogen and oxygen atoms in total. The first-order chi connectivity index (χ1) is 9.35. The van der Waals surface area contributed by atoms with Gasteiger partial charge >= 0.3 is 7.55 Å². The summed E-state index contributed by atoms with van der Waals surface area (Å²) in [4.78, 5) is 4.77. The van der Waals surface area contributed by atoms with Crippen LogP contribution in [-0.2, 0) is 0 Å². The van der Waals surface area contributed by atoms with Gasteiger partial charge in [-0.2, -0.15) is 0 Å². The van der Waals surface area contributed by atoms with E-state index in [4.69, 9.17) is 0 Å². The van der Waals surface area contributed by atoms with Crippen LogP contribution in [0.2, 0.25) is 0 Å². The maximum Gasteiger partial charge on any atom is 0.356 e. The van der Waals surface area contributed by atoms with E-state index >= 15 is 0 Å². The molecule has 2 rings (SSSR count). The molecule has 98 valence electrons. The van der Waals surface area contributed by atoms with Crippen LogP contribution in [-0.4, -0.2) is 20.6 Å². The maximum atomic E-state index is 2.39. The molecule has 2 aromatic rings. The van der Waals surface area contributed by atoms with Gasteiger partial charge in [0.05, 0.1) is 0 Å². The Hall–Kier alpha value is -1.90. The van der Waals surface area contributed by atoms with Crippen LogP contribution in [0.1, 0.15) is 13.8 Å². The van der Waals surface area contributed by atoms with Crippen LogP contribution in [0.5, 0.6) is 0 Å². The fourth-order valence-corrected chi connectivity index (χ4v) is 2.21. The fourth-order valence-electron chi connectivity index (χ4n) is 2.21. The third-order valence-electron chi connectivity index (χ3n) is 3.35. The molecule has 0 spiro atoms. The van der Waals surface area contributed by atoms with Gasteiger partial charge in [0.15, 0.2) is 0 Å². The number of rotatable bonds is 6. The highest BCUT2D eigenvalue weighted by atomic mass is 15.2. The molecular formula is C16H21BN2. The van der Waals surface area contributed by atoms with E-state index in [1.165, 1.54) is 11.4 Å². The van der Waals surface area contributed by atoms with Crippen LogP contribution < -0.4 is 9.62 Å². The molecule has 0 aromatic heterocycles. The SMILES string of the molecule is CCN(BN(CC)c1ccccc1)c1ccccc1. The molecule has 2 aromatic carbocycles. The molecule has 0 fully saturated rings. The molecule has 0 atom stereocenters. The van der Waals surface area contributed by atoms with Crippen LogP contribution in [0.25, 0.3) is 0 Å². The molecule has 0 amide bonds. The highest BCUT2D eigenvalue weighted by Crippen LogP contribution is 2.16. The lowest BCUT2D eigenvalue weighted by Crippen LogP contribution is -2.41. The fraction of sp³-hybridized carbons (Fsp3) is 0.250. The summed E-state index contributed by atoms with van der Waals surface area (Å²) in [5, 5.41) is 0.